The molecular weight excluding hydrogens is 248 g/mol. The van der Waals surface area contributed by atoms with E-state index in [2.05, 4.69) is 30.5 Å². The summed E-state index contributed by atoms with van der Waals surface area (Å²) in [5.74, 6) is 0.593. The Morgan fingerprint density at radius 1 is 1.22 bits per heavy atom. The first-order valence-electron chi connectivity index (χ1n) is 5.34. The number of fused-ring (bicyclic) bond motifs is 1. The summed E-state index contributed by atoms with van der Waals surface area (Å²) in [4.78, 5) is 12.9. The zero-order valence-corrected chi connectivity index (χ0v) is 10.4. The second-order valence-corrected chi connectivity index (χ2v) is 4.49. The van der Waals surface area contributed by atoms with Crippen molar-refractivity contribution in [3.63, 3.8) is 0 Å². The predicted octanol–water partition coefficient (Wildman–Crippen LogP) is 1.94. The highest BCUT2D eigenvalue weighted by molar-refractivity contribution is 7.99. The minimum atomic E-state index is 0.593. The molecule has 0 fully saturated rings. The fourth-order valence-corrected chi connectivity index (χ4v) is 2.37. The van der Waals surface area contributed by atoms with Crippen molar-refractivity contribution in [2.45, 2.75) is 10.2 Å². The summed E-state index contributed by atoms with van der Waals surface area (Å²) < 4.78 is 0. The molecule has 0 spiro atoms. The average Bonchev–Trinajstić information content (AvgIpc) is 2.91. The van der Waals surface area contributed by atoms with Gasteiger partial charge in [0.25, 0.3) is 0 Å². The summed E-state index contributed by atoms with van der Waals surface area (Å²) in [6, 6.07) is 7.88. The van der Waals surface area contributed by atoms with Crippen LogP contribution < -0.4 is 5.32 Å². The van der Waals surface area contributed by atoms with Crippen molar-refractivity contribution in [3.8, 4) is 0 Å². The lowest BCUT2D eigenvalue weighted by molar-refractivity contribution is 0.968. The van der Waals surface area contributed by atoms with E-state index >= 15 is 0 Å². The molecule has 0 atom stereocenters. The van der Waals surface area contributed by atoms with Crippen molar-refractivity contribution in [2.75, 3.05) is 12.4 Å². The van der Waals surface area contributed by atoms with Gasteiger partial charge in [-0.25, -0.2) is 15.0 Å². The third-order valence-corrected chi connectivity index (χ3v) is 3.27. The maximum atomic E-state index is 4.45. The molecule has 7 heteroatoms. The summed E-state index contributed by atoms with van der Waals surface area (Å²) in [7, 11) is 1.80. The van der Waals surface area contributed by atoms with Gasteiger partial charge in [0.1, 0.15) is 11.4 Å². The van der Waals surface area contributed by atoms with Gasteiger partial charge >= 0.3 is 0 Å². The molecule has 0 aliphatic rings. The molecule has 0 aliphatic heterocycles. The zero-order chi connectivity index (χ0) is 12.4. The molecule has 3 rings (SSSR count). The number of anilines is 1. The molecule has 0 aliphatic carbocycles. The van der Waals surface area contributed by atoms with Crippen LogP contribution in [0.3, 0.4) is 0 Å². The van der Waals surface area contributed by atoms with Crippen LogP contribution in [0.4, 0.5) is 5.95 Å². The molecule has 0 radical (unpaired) electrons. The molecule has 0 saturated carbocycles. The van der Waals surface area contributed by atoms with Crippen LogP contribution in [0, 0.1) is 0 Å². The molecular formula is C11H10N6S. The topological polar surface area (TPSA) is 79.4 Å². The van der Waals surface area contributed by atoms with E-state index in [-0.39, 0.29) is 0 Å². The minimum Gasteiger partial charge on any atom is -0.357 e. The van der Waals surface area contributed by atoms with Crippen LogP contribution in [0.15, 0.2) is 40.8 Å². The van der Waals surface area contributed by atoms with Gasteiger partial charge in [0.05, 0.1) is 5.52 Å². The Morgan fingerprint density at radius 3 is 2.89 bits per heavy atom. The van der Waals surface area contributed by atoms with Crippen LogP contribution in [0.5, 0.6) is 0 Å². The average molecular weight is 258 g/mol. The molecule has 2 heterocycles. The Balaban J connectivity index is 2.13. The highest BCUT2D eigenvalue weighted by Crippen LogP contribution is 2.29. The van der Waals surface area contributed by atoms with E-state index in [1.807, 2.05) is 24.3 Å². The van der Waals surface area contributed by atoms with E-state index < -0.39 is 0 Å². The van der Waals surface area contributed by atoms with Crippen LogP contribution in [0.1, 0.15) is 0 Å². The number of aromatic amines is 1. The van der Waals surface area contributed by atoms with E-state index in [1.54, 1.807) is 7.05 Å². The van der Waals surface area contributed by atoms with E-state index in [4.69, 9.17) is 0 Å². The van der Waals surface area contributed by atoms with Gasteiger partial charge in [-0.1, -0.05) is 18.2 Å². The molecule has 0 saturated heterocycles. The quantitative estimate of drug-likeness (QED) is 0.699. The number of benzene rings is 1. The summed E-state index contributed by atoms with van der Waals surface area (Å²) in [6.45, 7) is 0. The van der Waals surface area contributed by atoms with E-state index in [1.165, 1.54) is 18.1 Å². The van der Waals surface area contributed by atoms with Gasteiger partial charge in [-0.05, 0) is 17.8 Å². The molecule has 2 N–H and O–H groups in total. The van der Waals surface area contributed by atoms with Crippen molar-refractivity contribution >= 4 is 28.6 Å². The SMILES string of the molecule is CNc1nc(Sc2ncn[nH]2)c2ccccc2n1. The Hall–Kier alpha value is -2.15. The summed E-state index contributed by atoms with van der Waals surface area (Å²) >= 11 is 1.43. The fraction of sp³-hybridized carbons (Fsp3) is 0.0909. The molecule has 2 aromatic heterocycles. The third kappa shape index (κ3) is 2.00. The number of rotatable bonds is 3. The van der Waals surface area contributed by atoms with Crippen LogP contribution in [0.25, 0.3) is 10.9 Å². The first-order valence-corrected chi connectivity index (χ1v) is 6.16. The second kappa shape index (κ2) is 4.61. The lowest BCUT2D eigenvalue weighted by Gasteiger charge is -2.06. The maximum absolute atomic E-state index is 4.45. The first-order chi connectivity index (χ1) is 8.86. The lowest BCUT2D eigenvalue weighted by atomic mass is 10.2. The predicted molar refractivity (Wildman–Crippen MR) is 69.6 cm³/mol. The van der Waals surface area contributed by atoms with Gasteiger partial charge in [0.15, 0.2) is 5.16 Å². The van der Waals surface area contributed by atoms with Crippen LogP contribution in [0.2, 0.25) is 0 Å². The van der Waals surface area contributed by atoms with Gasteiger partial charge < -0.3 is 5.32 Å². The van der Waals surface area contributed by atoms with Gasteiger partial charge in [-0.15, -0.1) is 0 Å². The lowest BCUT2D eigenvalue weighted by Crippen LogP contribution is -1.98. The van der Waals surface area contributed by atoms with E-state index in [0.717, 1.165) is 15.9 Å². The smallest absolute Gasteiger partial charge is 0.224 e. The number of nitrogens with one attached hydrogen (secondary N) is 2. The third-order valence-electron chi connectivity index (χ3n) is 2.38. The van der Waals surface area contributed by atoms with Crippen molar-refractivity contribution in [1.82, 2.24) is 25.1 Å². The number of hydrogen-bond donors (Lipinski definition) is 2. The van der Waals surface area contributed by atoms with Crippen LogP contribution >= 0.6 is 11.8 Å². The zero-order valence-electron chi connectivity index (χ0n) is 9.58. The largest absolute Gasteiger partial charge is 0.357 e. The molecule has 3 aromatic rings. The van der Waals surface area contributed by atoms with E-state index in [9.17, 15) is 0 Å². The van der Waals surface area contributed by atoms with Crippen molar-refractivity contribution in [1.29, 1.82) is 0 Å². The second-order valence-electron chi connectivity index (χ2n) is 3.51. The molecule has 1 aromatic carbocycles. The summed E-state index contributed by atoms with van der Waals surface area (Å²) in [6.07, 6.45) is 1.48. The fourth-order valence-electron chi connectivity index (χ4n) is 1.57. The molecule has 0 bridgehead atoms. The Morgan fingerprint density at radius 2 is 2.11 bits per heavy atom. The Labute approximate surface area is 107 Å². The highest BCUT2D eigenvalue weighted by Gasteiger charge is 2.09. The summed E-state index contributed by atoms with van der Waals surface area (Å²) in [5.41, 5.74) is 0.902. The van der Waals surface area contributed by atoms with Crippen molar-refractivity contribution in [2.24, 2.45) is 0 Å². The normalized spacial score (nSPS) is 10.7. The Bertz CT molecular complexity index is 666. The van der Waals surface area contributed by atoms with Gasteiger partial charge in [-0.3, -0.25) is 5.10 Å². The number of aromatic nitrogens is 5. The highest BCUT2D eigenvalue weighted by atomic mass is 32.2. The number of para-hydroxylation sites is 1. The van der Waals surface area contributed by atoms with E-state index in [0.29, 0.717) is 11.1 Å². The number of nitrogens with zero attached hydrogens (tertiary/aromatic N) is 4. The Kier molecular flexibility index (Phi) is 2.81. The standard InChI is InChI=1S/C11H10N6S/c1-12-10-15-8-5-3-2-4-7(8)9(16-10)18-11-13-6-14-17-11/h2-6H,1H3,(H,12,15,16)(H,13,14,17). The molecule has 0 amide bonds. The van der Waals surface area contributed by atoms with Gasteiger partial charge in [0, 0.05) is 12.4 Å². The molecule has 6 nitrogen and oxygen atoms in total. The van der Waals surface area contributed by atoms with Gasteiger partial charge in [0.2, 0.25) is 5.95 Å². The summed E-state index contributed by atoms with van der Waals surface area (Å²) in [5, 5.41) is 12.1. The van der Waals surface area contributed by atoms with Crippen molar-refractivity contribution < 1.29 is 0 Å². The van der Waals surface area contributed by atoms with Crippen LogP contribution in [-0.4, -0.2) is 32.2 Å². The van der Waals surface area contributed by atoms with Crippen LogP contribution in [-0.2, 0) is 0 Å². The molecule has 90 valence electrons. The monoisotopic (exact) mass is 258 g/mol. The first kappa shape index (κ1) is 11.0. The van der Waals surface area contributed by atoms with Crippen molar-refractivity contribution in [3.05, 3.63) is 30.6 Å². The molecule has 18 heavy (non-hydrogen) atoms. The number of hydrogen-bond acceptors (Lipinski definition) is 6. The maximum Gasteiger partial charge on any atom is 0.224 e. The minimum absolute atomic E-state index is 0.593. The molecule has 0 unspecified atom stereocenters. The number of H-pyrrole nitrogens is 1. The van der Waals surface area contributed by atoms with Gasteiger partial charge in [-0.2, -0.15) is 5.10 Å².